The SMILES string of the molecule is C.CNS(=O)(=O)c1ccccc1Nc1cc(Cl)ncc1C(F)(F)F.CNS(=O)(=O)c1ccccc1Nc1cc(Nc2ccc(N3CCCC3=O)cc2)ncc1C(F)(F)F.CNS(=O)(=O)c1ccccc1Nc1cc(Nc2ccc(N3CCCC3=O)cc2)ncc1C(F)(F)F.Nc1ccc(N2CCCC2=O)cc1. The number of halogens is 10. The van der Waals surface area contributed by atoms with Crippen LogP contribution in [0.15, 0.2) is 197 Å². The molecule has 3 amide bonds. The van der Waals surface area contributed by atoms with Gasteiger partial charge in [-0.05, 0) is 156 Å². The van der Waals surface area contributed by atoms with Gasteiger partial charge < -0.3 is 47.0 Å². The van der Waals surface area contributed by atoms with E-state index in [1.165, 1.54) is 93.9 Å². The number of hydrogen-bond acceptors (Lipinski definition) is 18. The van der Waals surface area contributed by atoms with E-state index in [0.29, 0.717) is 62.3 Å². The molecule has 3 aliphatic rings. The maximum Gasteiger partial charge on any atom is 0.419 e. The van der Waals surface area contributed by atoms with Crippen molar-refractivity contribution in [2.24, 2.45) is 0 Å². The average Bonchev–Trinajstić information content (AvgIpc) is 1.58. The number of aromatic nitrogens is 3. The van der Waals surface area contributed by atoms with Crippen molar-refractivity contribution in [2.45, 2.75) is 79.2 Å². The number of nitrogens with one attached hydrogen (secondary N) is 8. The number of anilines is 14. The highest BCUT2D eigenvalue weighted by Crippen LogP contribution is 2.42. The normalized spacial score (nSPS) is 14.0. The summed E-state index contributed by atoms with van der Waals surface area (Å²) in [6.07, 6.45) is -7.96. The highest BCUT2D eigenvalue weighted by Gasteiger charge is 2.38. The molecule has 0 radical (unpaired) electrons. The molecule has 0 bridgehead atoms. The van der Waals surface area contributed by atoms with Crippen LogP contribution >= 0.6 is 11.6 Å². The van der Waals surface area contributed by atoms with E-state index in [1.54, 1.807) is 63.2 Å². The lowest BCUT2D eigenvalue weighted by Gasteiger charge is -2.18. The Morgan fingerprint density at radius 1 is 0.393 bits per heavy atom. The van der Waals surface area contributed by atoms with E-state index >= 15 is 0 Å². The molecule has 12 rings (SSSR count). The third-order valence-corrected chi connectivity index (χ3v) is 20.7. The molecule has 3 saturated heterocycles. The molecule has 0 aliphatic carbocycles. The third kappa shape index (κ3) is 21.1. The number of nitrogen functional groups attached to an aromatic ring is 1. The molecule has 3 aromatic heterocycles. The van der Waals surface area contributed by atoms with E-state index < -0.39 is 71.0 Å². The lowest BCUT2D eigenvalue weighted by Crippen LogP contribution is -2.23. The van der Waals surface area contributed by atoms with Gasteiger partial charge in [0.05, 0.1) is 50.8 Å². The number of carbonyl (C=O) groups is 3. The van der Waals surface area contributed by atoms with E-state index in [9.17, 15) is 79.2 Å². The Labute approximate surface area is 615 Å². The Kier molecular flexibility index (Phi) is 26.6. The van der Waals surface area contributed by atoms with Crippen LogP contribution in [0.4, 0.5) is 119 Å². The van der Waals surface area contributed by atoms with Crippen molar-refractivity contribution in [3.8, 4) is 0 Å². The van der Waals surface area contributed by atoms with Gasteiger partial charge in [-0.25, -0.2) is 54.4 Å². The summed E-state index contributed by atoms with van der Waals surface area (Å²) < 4.78 is 201. The van der Waals surface area contributed by atoms with Crippen LogP contribution in [-0.4, -0.2) is 98.7 Å². The Morgan fingerprint density at radius 2 is 0.673 bits per heavy atom. The van der Waals surface area contributed by atoms with Gasteiger partial charge in [-0.15, -0.1) is 0 Å². The smallest absolute Gasteiger partial charge is 0.399 e. The fourth-order valence-electron chi connectivity index (χ4n) is 10.8. The van der Waals surface area contributed by atoms with Gasteiger partial charge in [-0.2, -0.15) is 39.5 Å². The van der Waals surface area contributed by atoms with Crippen molar-refractivity contribution in [2.75, 3.05) is 87.8 Å². The van der Waals surface area contributed by atoms with Crippen molar-refractivity contribution in [3.63, 3.8) is 0 Å². The van der Waals surface area contributed by atoms with E-state index in [4.69, 9.17) is 17.3 Å². The number of alkyl halides is 9. The fourth-order valence-corrected chi connectivity index (χ4v) is 13.6. The molecular weight excluding hydrogens is 1500 g/mol. The first kappa shape index (κ1) is 82.0. The molecule has 568 valence electrons. The maximum atomic E-state index is 13.7. The molecule has 10 N–H and O–H groups in total. The summed E-state index contributed by atoms with van der Waals surface area (Å²) >= 11 is 5.64. The number of benzene rings is 6. The summed E-state index contributed by atoms with van der Waals surface area (Å²) in [4.78, 5) is 50.9. The molecule has 107 heavy (non-hydrogen) atoms. The minimum Gasteiger partial charge on any atom is -0.399 e. The zero-order valence-corrected chi connectivity index (χ0v) is 59.3. The van der Waals surface area contributed by atoms with Crippen molar-refractivity contribution in [1.29, 1.82) is 0 Å². The number of nitrogens with two attached hydrogens (primary N) is 1. The molecule has 0 saturated carbocycles. The largest absolute Gasteiger partial charge is 0.419 e. The zero-order valence-electron chi connectivity index (χ0n) is 56.1. The molecule has 0 unspecified atom stereocenters. The van der Waals surface area contributed by atoms with Crippen LogP contribution in [0.5, 0.6) is 0 Å². The number of carbonyl (C=O) groups excluding carboxylic acids is 3. The summed E-state index contributed by atoms with van der Waals surface area (Å²) in [7, 11) is -8.06. The Balaban J connectivity index is 0.000000189. The molecular formula is C70H71ClF9N15O9S3. The Hall–Kier alpha value is -10.6. The van der Waals surface area contributed by atoms with Gasteiger partial charge in [0.25, 0.3) is 0 Å². The average molecular weight is 1570 g/mol. The van der Waals surface area contributed by atoms with Crippen LogP contribution in [0.1, 0.15) is 62.6 Å². The molecule has 6 aromatic carbocycles. The van der Waals surface area contributed by atoms with E-state index in [2.05, 4.69) is 55.7 Å². The number of nitrogens with zero attached hydrogens (tertiary/aromatic N) is 6. The first-order valence-electron chi connectivity index (χ1n) is 31.9. The van der Waals surface area contributed by atoms with Crippen LogP contribution < -0.4 is 61.2 Å². The van der Waals surface area contributed by atoms with E-state index in [0.717, 1.165) is 66.8 Å². The van der Waals surface area contributed by atoms with Gasteiger partial charge in [0.1, 0.15) is 31.5 Å². The summed E-state index contributed by atoms with van der Waals surface area (Å²) in [5.41, 5.74) is 5.47. The van der Waals surface area contributed by atoms with Gasteiger partial charge >= 0.3 is 18.5 Å². The number of pyridine rings is 3. The number of sulfonamides is 3. The van der Waals surface area contributed by atoms with E-state index in [-0.39, 0.29) is 85.1 Å². The molecule has 3 aliphatic heterocycles. The second-order valence-electron chi connectivity index (χ2n) is 23.1. The van der Waals surface area contributed by atoms with Crippen molar-refractivity contribution in [1.82, 2.24) is 29.1 Å². The second kappa shape index (κ2) is 34.7. The van der Waals surface area contributed by atoms with Crippen molar-refractivity contribution in [3.05, 3.63) is 204 Å². The lowest BCUT2D eigenvalue weighted by atomic mass is 10.2. The monoisotopic (exact) mass is 1570 g/mol. The zero-order chi connectivity index (χ0) is 76.9. The second-order valence-corrected chi connectivity index (χ2v) is 29.1. The summed E-state index contributed by atoms with van der Waals surface area (Å²) in [6.45, 7) is 2.13. The number of rotatable bonds is 19. The first-order chi connectivity index (χ1) is 50.1. The van der Waals surface area contributed by atoms with Gasteiger partial charge in [0, 0.05) is 104 Å². The van der Waals surface area contributed by atoms with E-state index in [1.807, 2.05) is 24.3 Å². The van der Waals surface area contributed by atoms with Crippen LogP contribution in [0.25, 0.3) is 0 Å². The topological polar surface area (TPSA) is 324 Å². The Morgan fingerprint density at radius 3 is 0.953 bits per heavy atom. The highest BCUT2D eigenvalue weighted by atomic mass is 35.5. The highest BCUT2D eigenvalue weighted by molar-refractivity contribution is 7.90. The van der Waals surface area contributed by atoms with Gasteiger partial charge in [0.15, 0.2) is 0 Å². The molecule has 6 heterocycles. The van der Waals surface area contributed by atoms with Crippen molar-refractivity contribution >= 4 is 139 Å². The summed E-state index contributed by atoms with van der Waals surface area (Å²) in [5.74, 6) is 0.529. The summed E-state index contributed by atoms with van der Waals surface area (Å²) in [6, 6.07) is 41.3. The molecule has 0 atom stereocenters. The molecule has 24 nitrogen and oxygen atoms in total. The molecule has 9 aromatic rings. The quantitative estimate of drug-likeness (QED) is 0.0206. The first-order valence-corrected chi connectivity index (χ1v) is 36.7. The third-order valence-electron chi connectivity index (χ3n) is 16.1. The standard InChI is InChI=1S/2C23H22F3N5O3S.C13H11ClF3N3O2S.C10H12N2O.CH4/c2*1-27-35(33,34)20-6-3-2-5-18(20)30-19-13-21(28-14-17(19)23(24,25)26)29-15-8-10-16(11-9-15)31-12-4-7-22(31)32;1-18-23(21,22)11-5-3-2-4-9(11)20-10-6-12(14)19-7-8(10)13(15,16)17;11-8-3-5-9(6-4-8)12-7-1-2-10(12)13;/h2*2-3,5-6,8-11,13-14,27H,4,7,12H2,1H3,(H2,28,29,30);2-7,18H,1H3,(H,19,20);3-6H,1-2,7,11H2;1H4. The van der Waals surface area contributed by atoms with Crippen LogP contribution in [0, 0.1) is 0 Å². The van der Waals surface area contributed by atoms with Crippen LogP contribution in [-0.2, 0) is 63.0 Å². The predicted octanol–water partition coefficient (Wildman–Crippen LogP) is 14.7. The minimum absolute atomic E-state index is 0. The molecule has 37 heteroatoms. The molecule has 0 spiro atoms. The predicted molar refractivity (Wildman–Crippen MR) is 392 cm³/mol. The van der Waals surface area contributed by atoms with Crippen molar-refractivity contribution < 1.29 is 79.2 Å². The summed E-state index contributed by atoms with van der Waals surface area (Å²) in [5, 5.41) is 13.4. The van der Waals surface area contributed by atoms with Crippen LogP contribution in [0.2, 0.25) is 5.15 Å². The van der Waals surface area contributed by atoms with Gasteiger partial charge in [-0.1, -0.05) is 55.4 Å². The van der Waals surface area contributed by atoms with Crippen LogP contribution in [0.3, 0.4) is 0 Å². The Bertz CT molecular complexity index is 4810. The maximum absolute atomic E-state index is 13.7. The number of hydrogen-bond donors (Lipinski definition) is 9. The lowest BCUT2D eigenvalue weighted by molar-refractivity contribution is -0.138. The minimum atomic E-state index is -4.73. The molecule has 3 fully saturated rings. The fraction of sp³-hybridized carbons (Fsp3) is 0.229. The number of para-hydroxylation sites is 3. The van der Waals surface area contributed by atoms with Gasteiger partial charge in [0.2, 0.25) is 47.8 Å². The van der Waals surface area contributed by atoms with Gasteiger partial charge in [-0.3, -0.25) is 14.4 Å². The number of amides is 3.